The van der Waals surface area contributed by atoms with E-state index in [1.807, 2.05) is 27.7 Å². The molecule has 0 fully saturated rings. The average molecular weight is 605 g/mol. The van der Waals surface area contributed by atoms with Crippen LogP contribution in [0, 0.1) is 6.92 Å². The number of carbonyl (C=O) groups excluding carboxylic acids is 2. The molecule has 0 unspecified atom stereocenters. The molecule has 0 heterocycles. The Balaban J connectivity index is 2.04. The second-order valence-corrected chi connectivity index (χ2v) is 12.4. The first-order chi connectivity index (χ1) is 19.0. The topological polar surface area (TPSA) is 86.8 Å². The number of carbonyl (C=O) groups is 2. The molecule has 3 rings (SSSR count). The maximum atomic E-state index is 14.1. The molecule has 0 aliphatic carbocycles. The molecule has 0 aliphatic rings. The van der Waals surface area contributed by atoms with E-state index in [4.69, 9.17) is 23.2 Å². The maximum Gasteiger partial charge on any atom is 0.264 e. The highest BCUT2D eigenvalue weighted by Gasteiger charge is 2.34. The number of hydrogen-bond acceptors (Lipinski definition) is 4. The molecule has 0 aliphatic heterocycles. The third-order valence-corrected chi connectivity index (χ3v) is 8.95. The van der Waals surface area contributed by atoms with Crippen molar-refractivity contribution in [2.24, 2.45) is 0 Å². The Bertz CT molecular complexity index is 1400. The van der Waals surface area contributed by atoms with E-state index in [9.17, 15) is 18.0 Å². The Labute approximate surface area is 247 Å². The van der Waals surface area contributed by atoms with Gasteiger partial charge in [-0.1, -0.05) is 66.9 Å². The number of anilines is 1. The lowest BCUT2D eigenvalue weighted by atomic mass is 10.1. The molecule has 0 saturated heterocycles. The van der Waals surface area contributed by atoms with Crippen molar-refractivity contribution in [1.82, 2.24) is 10.2 Å². The van der Waals surface area contributed by atoms with Crippen LogP contribution < -0.4 is 9.62 Å². The monoisotopic (exact) mass is 603 g/mol. The number of halogens is 2. The molecule has 214 valence electrons. The van der Waals surface area contributed by atoms with Gasteiger partial charge in [0.1, 0.15) is 12.6 Å². The van der Waals surface area contributed by atoms with Crippen molar-refractivity contribution < 1.29 is 18.0 Å². The van der Waals surface area contributed by atoms with Crippen molar-refractivity contribution in [1.29, 1.82) is 0 Å². The Hall–Kier alpha value is -3.07. The molecule has 3 aromatic rings. The number of benzene rings is 3. The first-order valence-electron chi connectivity index (χ1n) is 13.2. The van der Waals surface area contributed by atoms with E-state index in [0.29, 0.717) is 22.2 Å². The summed E-state index contributed by atoms with van der Waals surface area (Å²) in [5.74, 6) is -0.805. The summed E-state index contributed by atoms with van der Waals surface area (Å²) < 4.78 is 28.8. The predicted octanol–water partition coefficient (Wildman–Crippen LogP) is 6.22. The molecule has 10 heteroatoms. The minimum Gasteiger partial charge on any atom is -0.352 e. The SMILES string of the molecule is CC[C@H](C(=O)N[C@@H](C)CC)N(Cc1ccc(Cl)cc1)C(=O)CN(c1ccc(C)cc1)S(=O)(=O)c1ccc(Cl)cc1. The molecule has 0 aromatic heterocycles. The summed E-state index contributed by atoms with van der Waals surface area (Å²) in [4.78, 5) is 28.8. The van der Waals surface area contributed by atoms with E-state index in [0.717, 1.165) is 21.9 Å². The van der Waals surface area contributed by atoms with Gasteiger partial charge in [-0.05, 0) is 80.8 Å². The fourth-order valence-corrected chi connectivity index (χ4v) is 5.79. The molecule has 2 atom stereocenters. The van der Waals surface area contributed by atoms with Crippen LogP contribution in [0.4, 0.5) is 5.69 Å². The zero-order valence-electron chi connectivity index (χ0n) is 23.1. The van der Waals surface area contributed by atoms with Gasteiger partial charge in [-0.25, -0.2) is 8.42 Å². The minimum absolute atomic E-state index is 0.00363. The van der Waals surface area contributed by atoms with Crippen molar-refractivity contribution >= 4 is 50.7 Å². The summed E-state index contributed by atoms with van der Waals surface area (Å²) in [5, 5.41) is 3.90. The fraction of sp³-hybridized carbons (Fsp3) is 0.333. The number of nitrogens with zero attached hydrogens (tertiary/aromatic N) is 2. The van der Waals surface area contributed by atoms with Crippen LogP contribution >= 0.6 is 23.2 Å². The van der Waals surface area contributed by atoms with Gasteiger partial charge in [-0.2, -0.15) is 0 Å². The summed E-state index contributed by atoms with van der Waals surface area (Å²) in [6.07, 6.45) is 1.07. The highest BCUT2D eigenvalue weighted by molar-refractivity contribution is 7.92. The highest BCUT2D eigenvalue weighted by Crippen LogP contribution is 2.26. The van der Waals surface area contributed by atoms with Gasteiger partial charge in [-0.15, -0.1) is 0 Å². The van der Waals surface area contributed by atoms with Crippen LogP contribution in [0.15, 0.2) is 77.7 Å². The molecule has 0 bridgehead atoms. The van der Waals surface area contributed by atoms with Crippen molar-refractivity contribution in [2.45, 2.75) is 64.1 Å². The number of hydrogen-bond donors (Lipinski definition) is 1. The third-order valence-electron chi connectivity index (χ3n) is 6.66. The lowest BCUT2D eigenvalue weighted by Gasteiger charge is -2.33. The molecule has 1 N–H and O–H groups in total. The lowest BCUT2D eigenvalue weighted by Crippen LogP contribution is -2.53. The van der Waals surface area contributed by atoms with E-state index in [2.05, 4.69) is 5.32 Å². The van der Waals surface area contributed by atoms with Gasteiger partial charge in [0.2, 0.25) is 11.8 Å². The van der Waals surface area contributed by atoms with E-state index in [1.165, 1.54) is 29.2 Å². The summed E-state index contributed by atoms with van der Waals surface area (Å²) in [6, 6.07) is 18.8. The number of aryl methyl sites for hydroxylation is 1. The summed E-state index contributed by atoms with van der Waals surface area (Å²) in [6.45, 7) is 7.17. The normalized spacial score (nSPS) is 12.8. The van der Waals surface area contributed by atoms with Gasteiger partial charge in [-0.3, -0.25) is 13.9 Å². The van der Waals surface area contributed by atoms with E-state index in [-0.39, 0.29) is 23.4 Å². The van der Waals surface area contributed by atoms with Crippen LogP contribution in [-0.2, 0) is 26.2 Å². The molecular weight excluding hydrogens is 569 g/mol. The molecule has 7 nitrogen and oxygen atoms in total. The molecule has 3 aromatic carbocycles. The summed E-state index contributed by atoms with van der Waals surface area (Å²) in [5.41, 5.74) is 2.03. The third kappa shape index (κ3) is 7.99. The molecule has 0 radical (unpaired) electrons. The van der Waals surface area contributed by atoms with Crippen LogP contribution in [-0.4, -0.2) is 43.8 Å². The summed E-state index contributed by atoms with van der Waals surface area (Å²) in [7, 11) is -4.16. The van der Waals surface area contributed by atoms with Crippen molar-refractivity contribution in [3.8, 4) is 0 Å². The zero-order valence-corrected chi connectivity index (χ0v) is 25.4. The van der Waals surface area contributed by atoms with Gasteiger partial charge >= 0.3 is 0 Å². The Morgan fingerprint density at radius 3 is 1.93 bits per heavy atom. The van der Waals surface area contributed by atoms with E-state index >= 15 is 0 Å². The maximum absolute atomic E-state index is 14.1. The van der Waals surface area contributed by atoms with E-state index in [1.54, 1.807) is 48.5 Å². The lowest BCUT2D eigenvalue weighted by molar-refractivity contribution is -0.140. The standard InChI is InChI=1S/C30H35Cl2N3O4S/c1-5-22(4)33-30(37)28(6-2)34(19-23-9-11-24(31)12-10-23)29(36)20-35(26-15-7-21(3)8-16-26)40(38,39)27-17-13-25(32)14-18-27/h7-18,22,28H,5-6,19-20H2,1-4H3,(H,33,37)/t22-,28+/m0/s1. The van der Waals surface area contributed by atoms with Crippen molar-refractivity contribution in [3.63, 3.8) is 0 Å². The number of sulfonamides is 1. The largest absolute Gasteiger partial charge is 0.352 e. The quantitative estimate of drug-likeness (QED) is 0.266. The minimum atomic E-state index is -4.16. The van der Waals surface area contributed by atoms with E-state index < -0.39 is 28.5 Å². The Morgan fingerprint density at radius 2 is 1.40 bits per heavy atom. The molecule has 0 saturated carbocycles. The number of amides is 2. The van der Waals surface area contributed by atoms with Crippen molar-refractivity contribution in [2.75, 3.05) is 10.8 Å². The van der Waals surface area contributed by atoms with Crippen molar-refractivity contribution in [3.05, 3.63) is 94.0 Å². The summed E-state index contributed by atoms with van der Waals surface area (Å²) >= 11 is 12.1. The molecule has 2 amide bonds. The van der Waals surface area contributed by atoms with Gasteiger partial charge < -0.3 is 10.2 Å². The molecule has 0 spiro atoms. The first kappa shape index (κ1) is 31.5. The van der Waals surface area contributed by atoms with Gasteiger partial charge in [0, 0.05) is 22.6 Å². The predicted molar refractivity (Wildman–Crippen MR) is 161 cm³/mol. The number of nitrogens with one attached hydrogen (secondary N) is 1. The van der Waals surface area contributed by atoms with Crippen LogP contribution in [0.1, 0.15) is 44.7 Å². The first-order valence-corrected chi connectivity index (χ1v) is 15.3. The second kappa shape index (κ2) is 14.0. The fourth-order valence-electron chi connectivity index (χ4n) is 4.12. The second-order valence-electron chi connectivity index (χ2n) is 9.69. The Kier molecular flexibility index (Phi) is 11.0. The molecule has 40 heavy (non-hydrogen) atoms. The molecular formula is C30H35Cl2N3O4S. The highest BCUT2D eigenvalue weighted by atomic mass is 35.5. The van der Waals surface area contributed by atoms with Gasteiger partial charge in [0.25, 0.3) is 10.0 Å². The zero-order chi connectivity index (χ0) is 29.4. The van der Waals surface area contributed by atoms with Crippen LogP contribution in [0.25, 0.3) is 0 Å². The van der Waals surface area contributed by atoms with Crippen LogP contribution in [0.2, 0.25) is 10.0 Å². The van der Waals surface area contributed by atoms with Crippen LogP contribution in [0.5, 0.6) is 0 Å². The average Bonchev–Trinajstić information content (AvgIpc) is 2.93. The number of rotatable bonds is 12. The van der Waals surface area contributed by atoms with Gasteiger partial charge in [0.15, 0.2) is 0 Å². The van der Waals surface area contributed by atoms with Gasteiger partial charge in [0.05, 0.1) is 10.6 Å². The smallest absolute Gasteiger partial charge is 0.264 e. The van der Waals surface area contributed by atoms with Crippen LogP contribution in [0.3, 0.4) is 0 Å². The Morgan fingerprint density at radius 1 is 0.850 bits per heavy atom.